The average molecular weight is 439 g/mol. The van der Waals surface area contributed by atoms with Crippen molar-refractivity contribution in [3.63, 3.8) is 0 Å². The topological polar surface area (TPSA) is 92.3 Å². The van der Waals surface area contributed by atoms with Gasteiger partial charge in [0.15, 0.2) is 9.84 Å². The quantitative estimate of drug-likeness (QED) is 0.767. The zero-order chi connectivity index (χ0) is 19.9. The van der Waals surface area contributed by atoms with E-state index < -0.39 is 9.84 Å². The fourth-order valence-corrected chi connectivity index (χ4v) is 7.51. The maximum absolute atomic E-state index is 13.1. The van der Waals surface area contributed by atoms with E-state index in [1.54, 1.807) is 6.07 Å². The van der Waals surface area contributed by atoms with Gasteiger partial charge in [0.05, 0.1) is 21.9 Å². The minimum absolute atomic E-state index is 0.0149. The Morgan fingerprint density at radius 3 is 2.71 bits per heavy atom. The maximum atomic E-state index is 13.1. The van der Waals surface area contributed by atoms with Crippen LogP contribution < -0.4 is 10.6 Å². The predicted octanol–water partition coefficient (Wildman–Crippen LogP) is 3.10. The van der Waals surface area contributed by atoms with Crippen molar-refractivity contribution in [1.29, 1.82) is 0 Å². The molecule has 0 aromatic carbocycles. The van der Waals surface area contributed by atoms with E-state index in [4.69, 9.17) is 0 Å². The monoisotopic (exact) mass is 438 g/mol. The summed E-state index contributed by atoms with van der Waals surface area (Å²) in [6, 6.07) is 3.20. The van der Waals surface area contributed by atoms with Gasteiger partial charge in [0.25, 0.3) is 11.8 Å². The molecule has 2 amide bonds. The van der Waals surface area contributed by atoms with E-state index in [0.29, 0.717) is 27.8 Å². The van der Waals surface area contributed by atoms with Gasteiger partial charge in [-0.05, 0) is 48.6 Å². The number of hydrogen-bond acceptors (Lipinski definition) is 6. The first-order valence-corrected chi connectivity index (χ1v) is 12.8. The van der Waals surface area contributed by atoms with Gasteiger partial charge in [0, 0.05) is 10.9 Å². The Morgan fingerprint density at radius 2 is 2.04 bits per heavy atom. The number of fused-ring (bicyclic) bond motifs is 1. The van der Waals surface area contributed by atoms with Crippen LogP contribution in [-0.4, -0.2) is 37.8 Å². The summed E-state index contributed by atoms with van der Waals surface area (Å²) in [5, 5.41) is 8.21. The van der Waals surface area contributed by atoms with Gasteiger partial charge in [0.2, 0.25) is 0 Å². The number of thiophene rings is 2. The number of carbonyl (C=O) groups is 2. The average Bonchev–Trinajstić information content (AvgIpc) is 3.33. The number of carbonyl (C=O) groups excluding carboxylic acids is 2. The van der Waals surface area contributed by atoms with E-state index in [1.807, 2.05) is 11.4 Å². The molecule has 1 aliphatic carbocycles. The van der Waals surface area contributed by atoms with Gasteiger partial charge in [-0.1, -0.05) is 13.0 Å². The van der Waals surface area contributed by atoms with Crippen molar-refractivity contribution in [1.82, 2.24) is 5.32 Å². The van der Waals surface area contributed by atoms with Crippen molar-refractivity contribution >= 4 is 49.3 Å². The molecule has 6 nitrogen and oxygen atoms in total. The molecule has 28 heavy (non-hydrogen) atoms. The van der Waals surface area contributed by atoms with Crippen LogP contribution >= 0.6 is 22.7 Å². The molecule has 0 spiro atoms. The minimum Gasteiger partial charge on any atom is -0.348 e. The molecule has 1 aliphatic heterocycles. The molecule has 150 valence electrons. The van der Waals surface area contributed by atoms with Gasteiger partial charge in [-0.2, -0.15) is 0 Å². The fraction of sp³-hybridized carbons (Fsp3) is 0.474. The Hall–Kier alpha value is -1.71. The molecule has 1 saturated heterocycles. The Kier molecular flexibility index (Phi) is 5.32. The molecule has 1 fully saturated rings. The fourth-order valence-electron chi connectivity index (χ4n) is 3.82. The first-order chi connectivity index (χ1) is 13.3. The van der Waals surface area contributed by atoms with Crippen molar-refractivity contribution < 1.29 is 18.0 Å². The maximum Gasteiger partial charge on any atom is 0.266 e. The summed E-state index contributed by atoms with van der Waals surface area (Å²) in [7, 11) is -3.07. The van der Waals surface area contributed by atoms with Crippen LogP contribution in [0.2, 0.25) is 0 Å². The van der Waals surface area contributed by atoms with Crippen molar-refractivity contribution in [2.24, 2.45) is 5.92 Å². The lowest BCUT2D eigenvalue weighted by Gasteiger charge is -2.19. The second-order valence-electron chi connectivity index (χ2n) is 7.56. The van der Waals surface area contributed by atoms with Crippen LogP contribution in [0.4, 0.5) is 5.00 Å². The van der Waals surface area contributed by atoms with Gasteiger partial charge in [0.1, 0.15) is 5.00 Å². The zero-order valence-electron chi connectivity index (χ0n) is 15.5. The second-order valence-corrected chi connectivity index (χ2v) is 11.8. The predicted molar refractivity (Wildman–Crippen MR) is 112 cm³/mol. The highest BCUT2D eigenvalue weighted by Crippen LogP contribution is 2.40. The molecule has 3 heterocycles. The van der Waals surface area contributed by atoms with Crippen LogP contribution in [0.25, 0.3) is 0 Å². The highest BCUT2D eigenvalue weighted by Gasteiger charge is 2.33. The van der Waals surface area contributed by atoms with Crippen molar-refractivity contribution in [3.8, 4) is 0 Å². The smallest absolute Gasteiger partial charge is 0.266 e. The van der Waals surface area contributed by atoms with Crippen LogP contribution in [0.3, 0.4) is 0 Å². The van der Waals surface area contributed by atoms with E-state index in [1.165, 1.54) is 22.7 Å². The highest BCUT2D eigenvalue weighted by molar-refractivity contribution is 7.91. The lowest BCUT2D eigenvalue weighted by molar-refractivity contribution is 0.0941. The molecule has 2 unspecified atom stereocenters. The van der Waals surface area contributed by atoms with E-state index in [0.717, 1.165) is 29.7 Å². The van der Waals surface area contributed by atoms with Crippen LogP contribution in [-0.2, 0) is 22.7 Å². The molecule has 0 radical (unpaired) electrons. The van der Waals surface area contributed by atoms with Gasteiger partial charge >= 0.3 is 0 Å². The van der Waals surface area contributed by atoms with E-state index in [-0.39, 0.29) is 29.4 Å². The largest absolute Gasteiger partial charge is 0.348 e. The van der Waals surface area contributed by atoms with E-state index in [9.17, 15) is 18.0 Å². The molecule has 2 aromatic rings. The SMILES string of the molecule is CC1CCc2c(sc(NC(=O)c3cccs3)c2C(=O)NC2CCS(=O)(=O)C2)C1. The number of anilines is 1. The van der Waals surface area contributed by atoms with Crippen molar-refractivity contribution in [3.05, 3.63) is 38.4 Å². The Bertz CT molecular complexity index is 1010. The third-order valence-electron chi connectivity index (χ3n) is 5.28. The molecule has 9 heteroatoms. The summed E-state index contributed by atoms with van der Waals surface area (Å²) in [5.74, 6) is 0.135. The van der Waals surface area contributed by atoms with Crippen LogP contribution in [0.5, 0.6) is 0 Å². The Labute approximate surface area is 172 Å². The second kappa shape index (κ2) is 7.61. The standard InChI is InChI=1S/C19H22N2O4S3/c1-11-4-5-13-15(9-11)27-19(21-17(22)14-3-2-7-26-14)16(13)18(23)20-12-6-8-28(24,25)10-12/h2-3,7,11-12H,4-6,8-10H2,1H3,(H,20,23)(H,21,22). The van der Waals surface area contributed by atoms with E-state index >= 15 is 0 Å². The van der Waals surface area contributed by atoms with E-state index in [2.05, 4.69) is 17.6 Å². The first-order valence-electron chi connectivity index (χ1n) is 9.33. The zero-order valence-corrected chi connectivity index (χ0v) is 17.9. The molecular formula is C19H22N2O4S3. The molecule has 0 saturated carbocycles. The molecule has 4 rings (SSSR count). The highest BCUT2D eigenvalue weighted by atomic mass is 32.2. The number of sulfone groups is 1. The molecule has 2 N–H and O–H groups in total. The first kappa shape index (κ1) is 19.6. The summed E-state index contributed by atoms with van der Waals surface area (Å²) in [5.41, 5.74) is 1.52. The summed E-state index contributed by atoms with van der Waals surface area (Å²) < 4.78 is 23.4. The molecule has 2 aromatic heterocycles. The lowest BCUT2D eigenvalue weighted by atomic mass is 9.88. The van der Waals surface area contributed by atoms with Crippen molar-refractivity contribution in [2.45, 2.75) is 38.6 Å². The van der Waals surface area contributed by atoms with Gasteiger partial charge in [-0.3, -0.25) is 9.59 Å². The summed E-state index contributed by atoms with van der Waals surface area (Å²) >= 11 is 2.82. The normalized spacial score (nSPS) is 23.2. The molecule has 0 bridgehead atoms. The molecule has 2 atom stereocenters. The number of amides is 2. The van der Waals surface area contributed by atoms with Gasteiger partial charge in [-0.25, -0.2) is 8.42 Å². The lowest BCUT2D eigenvalue weighted by Crippen LogP contribution is -2.36. The van der Waals surface area contributed by atoms with Crippen LogP contribution in [0.1, 0.15) is 50.2 Å². The minimum atomic E-state index is -3.07. The Balaban J connectivity index is 1.62. The number of rotatable bonds is 4. The third kappa shape index (κ3) is 4.01. The van der Waals surface area contributed by atoms with Crippen molar-refractivity contribution in [2.75, 3.05) is 16.8 Å². The molecular weight excluding hydrogens is 416 g/mol. The molecule has 2 aliphatic rings. The number of hydrogen-bond donors (Lipinski definition) is 2. The van der Waals surface area contributed by atoms with Crippen LogP contribution in [0, 0.1) is 5.92 Å². The summed E-state index contributed by atoms with van der Waals surface area (Å²) in [6.45, 7) is 2.19. The summed E-state index contributed by atoms with van der Waals surface area (Å²) in [4.78, 5) is 27.4. The van der Waals surface area contributed by atoms with Gasteiger partial charge in [-0.15, -0.1) is 22.7 Å². The third-order valence-corrected chi connectivity index (χ3v) is 9.08. The summed E-state index contributed by atoms with van der Waals surface area (Å²) in [6.07, 6.45) is 3.13. The number of nitrogens with one attached hydrogen (secondary N) is 2. The van der Waals surface area contributed by atoms with Crippen LogP contribution in [0.15, 0.2) is 17.5 Å². The van der Waals surface area contributed by atoms with Gasteiger partial charge < -0.3 is 10.6 Å². The Morgan fingerprint density at radius 1 is 1.21 bits per heavy atom.